The van der Waals surface area contributed by atoms with Crippen molar-refractivity contribution in [1.29, 1.82) is 5.26 Å². The predicted molar refractivity (Wildman–Crippen MR) is 265 cm³/mol. The van der Waals surface area contributed by atoms with Gasteiger partial charge < -0.3 is 9.13 Å². The molecule has 0 spiro atoms. The van der Waals surface area contributed by atoms with Gasteiger partial charge in [0, 0.05) is 21.5 Å². The van der Waals surface area contributed by atoms with E-state index in [1.54, 1.807) is 0 Å². The molecule has 4 heteroatoms. The molecule has 0 N–H and O–H groups in total. The van der Waals surface area contributed by atoms with E-state index < -0.39 is 0 Å². The summed E-state index contributed by atoms with van der Waals surface area (Å²) in [5.74, 6) is 0. The van der Waals surface area contributed by atoms with Crippen LogP contribution in [0.15, 0.2) is 133 Å². The Labute approximate surface area is 371 Å². The minimum absolute atomic E-state index is 0.0553. The summed E-state index contributed by atoms with van der Waals surface area (Å²) >= 11 is 0. The van der Waals surface area contributed by atoms with Crippen LogP contribution in [-0.2, 0) is 21.7 Å². The van der Waals surface area contributed by atoms with Crippen LogP contribution in [0.1, 0.15) is 103 Å². The van der Waals surface area contributed by atoms with E-state index in [0.29, 0.717) is 11.3 Å². The van der Waals surface area contributed by atoms with Crippen LogP contribution in [-0.4, -0.2) is 9.13 Å². The van der Waals surface area contributed by atoms with Crippen molar-refractivity contribution in [2.24, 2.45) is 0 Å². The highest BCUT2D eigenvalue weighted by Crippen LogP contribution is 2.59. The van der Waals surface area contributed by atoms with E-state index in [2.05, 4.69) is 223 Å². The Balaban J connectivity index is 1.37. The van der Waals surface area contributed by atoms with E-state index in [-0.39, 0.29) is 21.7 Å². The van der Waals surface area contributed by atoms with Crippen LogP contribution in [0, 0.1) is 17.9 Å². The van der Waals surface area contributed by atoms with Gasteiger partial charge in [0.1, 0.15) is 0 Å². The van der Waals surface area contributed by atoms with Crippen molar-refractivity contribution < 1.29 is 0 Å². The van der Waals surface area contributed by atoms with Crippen LogP contribution in [0.5, 0.6) is 0 Å². The number of hydrogen-bond donors (Lipinski definition) is 0. The maximum Gasteiger partial charge on any atom is 0.230 e. The normalized spacial score (nSPS) is 14.7. The highest BCUT2D eigenvalue weighted by Gasteiger charge is 2.48. The van der Waals surface area contributed by atoms with Crippen LogP contribution in [0.3, 0.4) is 0 Å². The molecule has 0 atom stereocenters. The van der Waals surface area contributed by atoms with Gasteiger partial charge in [0.25, 0.3) is 0 Å². The zero-order valence-corrected chi connectivity index (χ0v) is 38.2. The lowest BCUT2D eigenvalue weighted by Gasteiger charge is -2.29. The molecule has 1 aliphatic rings. The van der Waals surface area contributed by atoms with E-state index in [1.165, 1.54) is 11.1 Å². The third-order valence-electron chi connectivity index (χ3n) is 13.8. The van der Waals surface area contributed by atoms with Gasteiger partial charge >= 0.3 is 0 Å². The molecule has 0 fully saturated rings. The highest BCUT2D eigenvalue weighted by atomic mass is 15.0. The van der Waals surface area contributed by atoms with Gasteiger partial charge in [-0.25, -0.2) is 4.85 Å². The molecule has 9 aromatic rings. The smallest absolute Gasteiger partial charge is 0.230 e. The standard InChI is InChI=1S/C59H54N4/c1-56(2,3)40-24-28-49-44(32-40)45-33-41(57(4,5)6)25-29-50(45)62(49)54-46(34-60)53(61-11)55(52-51(54)58(7,8)35-59(52,9)10)63-47-26-22-38(36-18-14-12-15-19-36)30-42(47)43-31-39(23-27-48(43)63)37-20-16-13-17-21-37/h12-33H,35H2,1-10H3. The molecule has 2 heterocycles. The molecule has 0 saturated heterocycles. The Morgan fingerprint density at radius 1 is 0.508 bits per heavy atom. The molecule has 1 aliphatic carbocycles. The molecular formula is C59H54N4. The quantitative estimate of drug-likeness (QED) is 0.163. The first-order chi connectivity index (χ1) is 29.9. The van der Waals surface area contributed by atoms with Gasteiger partial charge in [-0.15, -0.1) is 0 Å². The average Bonchev–Trinajstić information content (AvgIpc) is 3.82. The molecule has 310 valence electrons. The van der Waals surface area contributed by atoms with E-state index in [9.17, 15) is 5.26 Å². The summed E-state index contributed by atoms with van der Waals surface area (Å²) in [5, 5.41) is 16.2. The zero-order valence-electron chi connectivity index (χ0n) is 38.2. The Morgan fingerprint density at radius 2 is 0.889 bits per heavy atom. The van der Waals surface area contributed by atoms with Crippen molar-refractivity contribution in [2.45, 2.75) is 97.3 Å². The molecule has 0 amide bonds. The van der Waals surface area contributed by atoms with Gasteiger partial charge in [-0.2, -0.15) is 5.26 Å². The lowest BCUT2D eigenvalue weighted by molar-refractivity contribution is 0.402. The van der Waals surface area contributed by atoms with Crippen molar-refractivity contribution in [3.05, 3.63) is 173 Å². The fourth-order valence-corrected chi connectivity index (χ4v) is 11.0. The molecule has 7 aromatic carbocycles. The van der Waals surface area contributed by atoms with Gasteiger partial charge in [0.05, 0.1) is 51.6 Å². The number of nitriles is 1. The summed E-state index contributed by atoms with van der Waals surface area (Å²) in [6, 6.07) is 51.0. The zero-order chi connectivity index (χ0) is 44.4. The van der Waals surface area contributed by atoms with Gasteiger partial charge in [-0.3, -0.25) is 0 Å². The molecule has 0 saturated carbocycles. The first kappa shape index (κ1) is 40.2. The Kier molecular flexibility index (Phi) is 8.81. The molecular weight excluding hydrogens is 765 g/mol. The number of hydrogen-bond acceptors (Lipinski definition) is 1. The van der Waals surface area contributed by atoms with Crippen LogP contribution < -0.4 is 0 Å². The van der Waals surface area contributed by atoms with Crippen molar-refractivity contribution in [3.8, 4) is 39.7 Å². The summed E-state index contributed by atoms with van der Waals surface area (Å²) in [6.07, 6.45) is 0.856. The highest BCUT2D eigenvalue weighted by molar-refractivity contribution is 6.13. The summed E-state index contributed by atoms with van der Waals surface area (Å²) in [4.78, 5) is 4.45. The largest absolute Gasteiger partial charge is 0.319 e. The lowest BCUT2D eigenvalue weighted by atomic mass is 9.81. The summed E-state index contributed by atoms with van der Waals surface area (Å²) in [6.45, 7) is 32.0. The topological polar surface area (TPSA) is 38.0 Å². The van der Waals surface area contributed by atoms with Crippen molar-refractivity contribution in [2.75, 3.05) is 0 Å². The van der Waals surface area contributed by atoms with Gasteiger partial charge in [-0.1, -0.05) is 154 Å². The second kappa shape index (κ2) is 13.8. The molecule has 2 aromatic heterocycles. The van der Waals surface area contributed by atoms with Crippen molar-refractivity contribution >= 4 is 49.3 Å². The summed E-state index contributed by atoms with van der Waals surface area (Å²) in [7, 11) is 0. The van der Waals surface area contributed by atoms with Gasteiger partial charge in [0.15, 0.2) is 0 Å². The molecule has 4 nitrogen and oxygen atoms in total. The number of aromatic nitrogens is 2. The van der Waals surface area contributed by atoms with Crippen LogP contribution >= 0.6 is 0 Å². The van der Waals surface area contributed by atoms with Crippen molar-refractivity contribution in [3.63, 3.8) is 0 Å². The monoisotopic (exact) mass is 818 g/mol. The fourth-order valence-electron chi connectivity index (χ4n) is 11.0. The van der Waals surface area contributed by atoms with E-state index in [4.69, 9.17) is 6.57 Å². The van der Waals surface area contributed by atoms with E-state index in [1.807, 2.05) is 0 Å². The number of fused-ring (bicyclic) bond motifs is 7. The Hall–Kier alpha value is -6.88. The lowest BCUT2D eigenvalue weighted by Crippen LogP contribution is -2.19. The second-order valence-corrected chi connectivity index (χ2v) is 21.2. The molecule has 63 heavy (non-hydrogen) atoms. The average molecular weight is 819 g/mol. The first-order valence-electron chi connectivity index (χ1n) is 22.2. The summed E-state index contributed by atoms with van der Waals surface area (Å²) < 4.78 is 4.66. The Morgan fingerprint density at radius 3 is 1.29 bits per heavy atom. The van der Waals surface area contributed by atoms with Crippen LogP contribution in [0.25, 0.3) is 82.1 Å². The third-order valence-corrected chi connectivity index (χ3v) is 13.8. The predicted octanol–water partition coefficient (Wildman–Crippen LogP) is 16.2. The second-order valence-electron chi connectivity index (χ2n) is 21.2. The van der Waals surface area contributed by atoms with Gasteiger partial charge in [-0.05, 0) is 121 Å². The molecule has 0 unspecified atom stereocenters. The van der Waals surface area contributed by atoms with Crippen LogP contribution in [0.4, 0.5) is 5.69 Å². The number of nitrogens with zero attached hydrogens (tertiary/aromatic N) is 4. The minimum Gasteiger partial charge on any atom is -0.319 e. The molecule has 10 rings (SSSR count). The van der Waals surface area contributed by atoms with Crippen LogP contribution in [0.2, 0.25) is 0 Å². The molecule has 0 aliphatic heterocycles. The SMILES string of the molecule is [C-]#[N+]c1c(C#N)c(-n2c3ccc(C(C)(C)C)cc3c3cc(C(C)(C)C)ccc32)c2c(c1-n1c3ccc(-c4ccccc4)cc3c3cc(-c4ccccc4)ccc31)C(C)(C)CC2(C)C. The van der Waals surface area contributed by atoms with Gasteiger partial charge in [0.2, 0.25) is 5.69 Å². The minimum atomic E-state index is -0.342. The van der Waals surface area contributed by atoms with Crippen molar-refractivity contribution in [1.82, 2.24) is 9.13 Å². The maximum absolute atomic E-state index is 11.7. The third kappa shape index (κ3) is 6.14. The molecule has 0 bridgehead atoms. The fraction of sp³-hybridized carbons (Fsp3) is 0.254. The number of rotatable bonds is 4. The number of benzene rings is 7. The Bertz CT molecular complexity index is 3270. The molecule has 0 radical (unpaired) electrons. The summed E-state index contributed by atoms with van der Waals surface area (Å²) in [5.41, 5.74) is 15.2. The first-order valence-corrected chi connectivity index (χ1v) is 22.2. The van der Waals surface area contributed by atoms with E-state index in [0.717, 1.165) is 94.8 Å². The maximum atomic E-state index is 11.7. The van der Waals surface area contributed by atoms with E-state index >= 15 is 0 Å².